The summed E-state index contributed by atoms with van der Waals surface area (Å²) in [5, 5.41) is 2.82. The zero-order valence-corrected chi connectivity index (χ0v) is 20.2. The van der Waals surface area contributed by atoms with Gasteiger partial charge in [-0.25, -0.2) is 4.98 Å². The van der Waals surface area contributed by atoms with Gasteiger partial charge in [-0.2, -0.15) is 0 Å². The van der Waals surface area contributed by atoms with Gasteiger partial charge in [0.05, 0.1) is 5.69 Å². The molecule has 0 atom stereocenters. The van der Waals surface area contributed by atoms with Crippen molar-refractivity contribution in [1.82, 2.24) is 9.97 Å². The van der Waals surface area contributed by atoms with E-state index in [1.807, 2.05) is 24.3 Å². The molecule has 3 aromatic carbocycles. The SMILES string of the molecule is [2H]C([2H])([2H])c1ccc2c(n1)oc1c(-c3cc(-c4cc5ccc(C(C)(C)C)cc5cc4C([2H])([2H])[2H])c(C([2H])([2H])[2H])cn3)cccc12. The third-order valence-corrected chi connectivity index (χ3v) is 6.68. The number of para-hydroxylation sites is 1. The van der Waals surface area contributed by atoms with Crippen LogP contribution in [0.1, 0.15) is 55.5 Å². The molecule has 0 spiro atoms. The van der Waals surface area contributed by atoms with Crippen LogP contribution in [0.2, 0.25) is 0 Å². The normalized spacial score (nSPS) is 16.9. The molecule has 0 amide bonds. The number of aryl methyl sites for hydroxylation is 3. The highest BCUT2D eigenvalue weighted by Gasteiger charge is 2.17. The van der Waals surface area contributed by atoms with Crippen LogP contribution >= 0.6 is 0 Å². The van der Waals surface area contributed by atoms with E-state index in [4.69, 9.17) is 16.8 Å². The zero-order chi connectivity index (χ0) is 32.7. The summed E-state index contributed by atoms with van der Waals surface area (Å²) in [5.41, 5.74) is 2.69. The fraction of sp³-hybridized carbons (Fsp3) is 0.212. The van der Waals surface area contributed by atoms with Crippen LogP contribution < -0.4 is 0 Å². The lowest BCUT2D eigenvalue weighted by Crippen LogP contribution is -2.10. The predicted molar refractivity (Wildman–Crippen MR) is 151 cm³/mol. The molecular formula is C33H30N2O. The van der Waals surface area contributed by atoms with E-state index >= 15 is 0 Å². The van der Waals surface area contributed by atoms with Gasteiger partial charge in [-0.3, -0.25) is 4.98 Å². The summed E-state index contributed by atoms with van der Waals surface area (Å²) in [4.78, 5) is 8.73. The Labute approximate surface area is 224 Å². The van der Waals surface area contributed by atoms with Gasteiger partial charge in [0.1, 0.15) is 5.58 Å². The van der Waals surface area contributed by atoms with Crippen molar-refractivity contribution < 1.29 is 16.8 Å². The molecule has 0 aliphatic rings. The number of benzene rings is 3. The molecule has 0 saturated carbocycles. The number of nitrogens with zero attached hydrogens (tertiary/aromatic N) is 2. The van der Waals surface area contributed by atoms with Crippen molar-refractivity contribution in [2.45, 2.75) is 46.7 Å². The van der Waals surface area contributed by atoms with Crippen molar-refractivity contribution in [3.05, 3.63) is 95.3 Å². The summed E-state index contributed by atoms with van der Waals surface area (Å²) in [6.45, 7) is -1.29. The smallest absolute Gasteiger partial charge is 0.227 e. The molecule has 0 aliphatic heterocycles. The van der Waals surface area contributed by atoms with Gasteiger partial charge in [0, 0.05) is 40.6 Å². The summed E-state index contributed by atoms with van der Waals surface area (Å²) in [5.74, 6) is 0. The Balaban J connectivity index is 1.62. The molecule has 0 fully saturated rings. The molecule has 0 unspecified atom stereocenters. The van der Waals surface area contributed by atoms with Crippen molar-refractivity contribution in [1.29, 1.82) is 0 Å². The highest BCUT2D eigenvalue weighted by molar-refractivity contribution is 6.08. The first-order chi connectivity index (χ1) is 20.8. The van der Waals surface area contributed by atoms with Gasteiger partial charge in [0.25, 0.3) is 0 Å². The minimum absolute atomic E-state index is 0.0343. The maximum atomic E-state index is 8.40. The summed E-state index contributed by atoms with van der Waals surface area (Å²) in [6.07, 6.45) is 1.26. The van der Waals surface area contributed by atoms with Crippen molar-refractivity contribution in [2.24, 2.45) is 0 Å². The third-order valence-electron chi connectivity index (χ3n) is 6.68. The molecule has 3 nitrogen and oxygen atoms in total. The molecule has 3 heterocycles. The fourth-order valence-corrected chi connectivity index (χ4v) is 4.69. The lowest BCUT2D eigenvalue weighted by atomic mass is 9.85. The maximum absolute atomic E-state index is 8.40. The van der Waals surface area contributed by atoms with Crippen molar-refractivity contribution in [3.8, 4) is 22.4 Å². The lowest BCUT2D eigenvalue weighted by Gasteiger charge is -2.20. The van der Waals surface area contributed by atoms with Gasteiger partial charge >= 0.3 is 0 Å². The first-order valence-electron chi connectivity index (χ1n) is 16.3. The Hall–Kier alpha value is -3.98. The first kappa shape index (κ1) is 14.5. The van der Waals surface area contributed by atoms with E-state index in [-0.39, 0.29) is 39.1 Å². The molecule has 3 aromatic heterocycles. The molecule has 0 bridgehead atoms. The molecule has 36 heavy (non-hydrogen) atoms. The number of aromatic nitrogens is 2. The number of furan rings is 1. The van der Waals surface area contributed by atoms with Crippen molar-refractivity contribution in [3.63, 3.8) is 0 Å². The zero-order valence-electron chi connectivity index (χ0n) is 29.2. The standard InChI is InChI=1S/C33H30N2O/c1-19-14-23-15-24(33(4,5)6)12-11-22(23)16-28(19)29-17-30(34-18-20(29)2)27-9-7-8-25-26-13-10-21(3)35-32(26)36-31(25)27/h7-18H,1-6H3/i1D3,2D3,3D3. The molecule has 178 valence electrons. The third kappa shape index (κ3) is 3.67. The predicted octanol–water partition coefficient (Wildman–Crippen LogP) is 9.09. The molecule has 0 radical (unpaired) electrons. The summed E-state index contributed by atoms with van der Waals surface area (Å²) in [7, 11) is 0. The highest BCUT2D eigenvalue weighted by atomic mass is 16.3. The number of hydrogen-bond acceptors (Lipinski definition) is 3. The van der Waals surface area contributed by atoms with Gasteiger partial charge < -0.3 is 4.42 Å². The summed E-state index contributed by atoms with van der Waals surface area (Å²) >= 11 is 0. The van der Waals surface area contributed by atoms with Gasteiger partial charge in [-0.15, -0.1) is 0 Å². The average molecular weight is 480 g/mol. The largest absolute Gasteiger partial charge is 0.437 e. The lowest BCUT2D eigenvalue weighted by molar-refractivity contribution is 0.591. The van der Waals surface area contributed by atoms with E-state index in [9.17, 15) is 0 Å². The Morgan fingerprint density at radius 1 is 0.750 bits per heavy atom. The summed E-state index contributed by atoms with van der Waals surface area (Å²) < 4.78 is 79.3. The van der Waals surface area contributed by atoms with Crippen LogP contribution in [0.4, 0.5) is 0 Å². The van der Waals surface area contributed by atoms with E-state index < -0.39 is 20.6 Å². The van der Waals surface area contributed by atoms with E-state index in [0.717, 1.165) is 16.3 Å². The second kappa shape index (κ2) is 8.03. The maximum Gasteiger partial charge on any atom is 0.227 e. The van der Waals surface area contributed by atoms with Crippen LogP contribution in [0.3, 0.4) is 0 Å². The summed E-state index contributed by atoms with van der Waals surface area (Å²) in [6, 6.07) is 19.3. The fourth-order valence-electron chi connectivity index (χ4n) is 4.69. The minimum Gasteiger partial charge on any atom is -0.437 e. The Morgan fingerprint density at radius 3 is 2.42 bits per heavy atom. The van der Waals surface area contributed by atoms with Crippen LogP contribution in [0, 0.1) is 20.6 Å². The molecule has 6 aromatic rings. The number of rotatable bonds is 2. The van der Waals surface area contributed by atoms with E-state index in [0.29, 0.717) is 27.6 Å². The van der Waals surface area contributed by atoms with Crippen molar-refractivity contribution >= 4 is 32.8 Å². The highest BCUT2D eigenvalue weighted by Crippen LogP contribution is 2.38. The van der Waals surface area contributed by atoms with E-state index in [1.54, 1.807) is 36.4 Å². The van der Waals surface area contributed by atoms with E-state index in [1.165, 1.54) is 12.3 Å². The Kier molecular flexibility index (Phi) is 3.24. The average Bonchev–Trinajstić information content (AvgIpc) is 3.32. The Bertz CT molecular complexity index is 2110. The molecule has 0 N–H and O–H groups in total. The first-order valence-corrected chi connectivity index (χ1v) is 11.8. The second-order valence-corrected chi connectivity index (χ2v) is 10.2. The van der Waals surface area contributed by atoms with Crippen LogP contribution in [-0.4, -0.2) is 9.97 Å². The monoisotopic (exact) mass is 479 g/mol. The molecule has 6 rings (SSSR count). The van der Waals surface area contributed by atoms with Gasteiger partial charge in [0.2, 0.25) is 5.71 Å². The molecule has 0 aliphatic carbocycles. The van der Waals surface area contributed by atoms with Crippen LogP contribution in [0.25, 0.3) is 55.2 Å². The van der Waals surface area contributed by atoms with E-state index in [2.05, 4.69) is 30.7 Å². The van der Waals surface area contributed by atoms with Crippen molar-refractivity contribution in [2.75, 3.05) is 0 Å². The Morgan fingerprint density at radius 2 is 1.61 bits per heavy atom. The van der Waals surface area contributed by atoms with Gasteiger partial charge in [0.15, 0.2) is 0 Å². The molecule has 3 heteroatoms. The van der Waals surface area contributed by atoms with Gasteiger partial charge in [-0.1, -0.05) is 57.2 Å². The number of fused-ring (bicyclic) bond motifs is 4. The topological polar surface area (TPSA) is 38.9 Å². The quantitative estimate of drug-likeness (QED) is 0.249. The minimum atomic E-state index is -2.58. The molecular weight excluding hydrogens is 440 g/mol. The van der Waals surface area contributed by atoms with Crippen LogP contribution in [0.15, 0.2) is 77.3 Å². The van der Waals surface area contributed by atoms with Gasteiger partial charge in [-0.05, 0) is 94.9 Å². The second-order valence-electron chi connectivity index (χ2n) is 10.2. The van der Waals surface area contributed by atoms with Crippen LogP contribution in [-0.2, 0) is 5.41 Å². The number of pyridine rings is 2. The van der Waals surface area contributed by atoms with Crippen LogP contribution in [0.5, 0.6) is 0 Å². The molecule has 0 saturated heterocycles. The number of hydrogen-bond donors (Lipinski definition) is 0.